The van der Waals surface area contributed by atoms with Crippen LogP contribution in [0.2, 0.25) is 0 Å². The number of ketones is 1. The average Bonchev–Trinajstić information content (AvgIpc) is 2.68. The van der Waals surface area contributed by atoms with Gasteiger partial charge in [0.25, 0.3) is 5.24 Å². The summed E-state index contributed by atoms with van der Waals surface area (Å²) in [6, 6.07) is 0. The lowest BCUT2D eigenvalue weighted by Crippen LogP contribution is -2.17. The molecule has 5 nitrogen and oxygen atoms in total. The van der Waals surface area contributed by atoms with Gasteiger partial charge in [-0.25, -0.2) is 0 Å². The standard InChI is InChI=1S/C14H13NO4S/c16-10-4-5-15-14(17)20-13(10)7-9-2-1-3-11-12(6-9)19-8-18-11/h1-2,6-7H,3-5,8H2,(H,15,17)/b13-7-. The van der Waals surface area contributed by atoms with E-state index in [4.69, 9.17) is 9.47 Å². The van der Waals surface area contributed by atoms with Gasteiger partial charge >= 0.3 is 0 Å². The minimum absolute atomic E-state index is 0.0234. The minimum atomic E-state index is -0.194. The summed E-state index contributed by atoms with van der Waals surface area (Å²) in [6.07, 6.45) is 8.40. The Hall–Kier alpha value is -1.95. The second-order valence-corrected chi connectivity index (χ2v) is 5.46. The van der Waals surface area contributed by atoms with E-state index in [9.17, 15) is 9.59 Å². The third kappa shape index (κ3) is 2.80. The quantitative estimate of drug-likeness (QED) is 0.751. The molecule has 0 bridgehead atoms. The summed E-state index contributed by atoms with van der Waals surface area (Å²) >= 11 is 0.940. The number of ether oxygens (including phenoxy) is 2. The molecule has 20 heavy (non-hydrogen) atoms. The van der Waals surface area contributed by atoms with E-state index >= 15 is 0 Å². The highest BCUT2D eigenvalue weighted by atomic mass is 32.2. The van der Waals surface area contributed by atoms with Crippen LogP contribution in [-0.2, 0) is 14.3 Å². The van der Waals surface area contributed by atoms with Gasteiger partial charge in [-0.1, -0.05) is 12.2 Å². The summed E-state index contributed by atoms with van der Waals surface area (Å²) in [5.41, 5.74) is 0.825. The van der Waals surface area contributed by atoms with Gasteiger partial charge in [0.2, 0.25) is 6.79 Å². The van der Waals surface area contributed by atoms with Gasteiger partial charge in [-0.05, 0) is 29.5 Å². The number of thioether (sulfide) groups is 1. The van der Waals surface area contributed by atoms with Gasteiger partial charge in [0.1, 0.15) is 5.76 Å². The lowest BCUT2D eigenvalue weighted by atomic mass is 10.1. The number of amides is 1. The van der Waals surface area contributed by atoms with Crippen molar-refractivity contribution < 1.29 is 19.1 Å². The van der Waals surface area contributed by atoms with Crippen LogP contribution in [0.3, 0.4) is 0 Å². The number of carbonyl (C=O) groups excluding carboxylic acids is 2. The number of hydrogen-bond acceptors (Lipinski definition) is 5. The molecule has 0 aromatic heterocycles. The summed E-state index contributed by atoms with van der Waals surface area (Å²) in [7, 11) is 0. The van der Waals surface area contributed by atoms with E-state index in [-0.39, 0.29) is 17.8 Å². The molecule has 1 aliphatic carbocycles. The Kier molecular flexibility index (Phi) is 3.64. The predicted octanol–water partition coefficient (Wildman–Crippen LogP) is 2.39. The maximum atomic E-state index is 11.9. The normalized spacial score (nSPS) is 24.4. The van der Waals surface area contributed by atoms with Crippen molar-refractivity contribution in [1.82, 2.24) is 5.32 Å². The summed E-state index contributed by atoms with van der Waals surface area (Å²) in [4.78, 5) is 23.9. The Labute approximate surface area is 120 Å². The second-order valence-electron chi connectivity index (χ2n) is 4.44. The van der Waals surface area contributed by atoms with Gasteiger partial charge in [-0.15, -0.1) is 0 Å². The van der Waals surface area contributed by atoms with Gasteiger partial charge < -0.3 is 14.8 Å². The number of allylic oxidation sites excluding steroid dienone is 6. The number of carbonyl (C=O) groups is 2. The van der Waals surface area contributed by atoms with Crippen LogP contribution in [0.25, 0.3) is 0 Å². The van der Waals surface area contributed by atoms with Gasteiger partial charge in [-0.3, -0.25) is 9.59 Å². The summed E-state index contributed by atoms with van der Waals surface area (Å²) in [5.74, 6) is 1.47. The molecule has 3 rings (SSSR count). The zero-order valence-electron chi connectivity index (χ0n) is 10.7. The van der Waals surface area contributed by atoms with Crippen LogP contribution < -0.4 is 5.32 Å². The number of Topliss-reactive ketones (excluding diaryl/α,β-unsaturated/α-hetero) is 1. The molecule has 3 aliphatic rings. The number of nitrogens with one attached hydrogen (secondary N) is 1. The van der Waals surface area contributed by atoms with Crippen molar-refractivity contribution in [1.29, 1.82) is 0 Å². The van der Waals surface area contributed by atoms with Crippen molar-refractivity contribution in [3.63, 3.8) is 0 Å². The first kappa shape index (κ1) is 13.1. The molecule has 1 saturated heterocycles. The average molecular weight is 291 g/mol. The summed E-state index contributed by atoms with van der Waals surface area (Å²) in [5, 5.41) is 2.47. The van der Waals surface area contributed by atoms with Crippen LogP contribution in [0.15, 0.2) is 46.3 Å². The maximum absolute atomic E-state index is 11.9. The van der Waals surface area contributed by atoms with Crippen LogP contribution in [0.5, 0.6) is 0 Å². The topological polar surface area (TPSA) is 64.6 Å². The number of hydrogen-bond donors (Lipinski definition) is 1. The number of rotatable bonds is 1. The molecule has 1 N–H and O–H groups in total. The molecule has 1 fully saturated rings. The first-order chi connectivity index (χ1) is 9.72. The van der Waals surface area contributed by atoms with Crippen molar-refractivity contribution in [2.45, 2.75) is 12.8 Å². The Morgan fingerprint density at radius 1 is 1.30 bits per heavy atom. The Morgan fingerprint density at radius 2 is 2.20 bits per heavy atom. The molecule has 0 spiro atoms. The van der Waals surface area contributed by atoms with E-state index in [2.05, 4.69) is 5.32 Å². The summed E-state index contributed by atoms with van der Waals surface area (Å²) in [6.45, 7) is 0.623. The monoisotopic (exact) mass is 291 g/mol. The van der Waals surface area contributed by atoms with Crippen molar-refractivity contribution >= 4 is 22.8 Å². The van der Waals surface area contributed by atoms with E-state index in [1.54, 1.807) is 6.08 Å². The van der Waals surface area contributed by atoms with Crippen LogP contribution in [0.4, 0.5) is 4.79 Å². The van der Waals surface area contributed by atoms with E-state index in [1.165, 1.54) is 0 Å². The third-order valence-corrected chi connectivity index (χ3v) is 3.93. The van der Waals surface area contributed by atoms with E-state index in [0.29, 0.717) is 30.1 Å². The van der Waals surface area contributed by atoms with Crippen LogP contribution in [0, 0.1) is 0 Å². The van der Waals surface area contributed by atoms with Crippen LogP contribution in [-0.4, -0.2) is 24.4 Å². The predicted molar refractivity (Wildman–Crippen MR) is 74.6 cm³/mol. The first-order valence-corrected chi connectivity index (χ1v) is 7.11. The molecule has 2 heterocycles. The van der Waals surface area contributed by atoms with Gasteiger partial charge in [0, 0.05) is 19.4 Å². The highest BCUT2D eigenvalue weighted by molar-refractivity contribution is 8.17. The minimum Gasteiger partial charge on any atom is -0.458 e. The van der Waals surface area contributed by atoms with Gasteiger partial charge in [0.15, 0.2) is 11.5 Å². The summed E-state index contributed by atoms with van der Waals surface area (Å²) < 4.78 is 10.7. The van der Waals surface area contributed by atoms with Crippen molar-refractivity contribution in [2.24, 2.45) is 0 Å². The van der Waals surface area contributed by atoms with E-state index in [0.717, 1.165) is 23.1 Å². The van der Waals surface area contributed by atoms with E-state index in [1.807, 2.05) is 18.2 Å². The van der Waals surface area contributed by atoms with E-state index < -0.39 is 0 Å². The molecule has 6 heteroatoms. The maximum Gasteiger partial charge on any atom is 0.284 e. The van der Waals surface area contributed by atoms with Crippen molar-refractivity contribution in [3.05, 3.63) is 46.3 Å². The van der Waals surface area contributed by atoms with Crippen LogP contribution >= 0.6 is 11.8 Å². The molecular formula is C14H13NO4S. The fourth-order valence-electron chi connectivity index (χ4n) is 2.04. The van der Waals surface area contributed by atoms with Crippen LogP contribution in [0.1, 0.15) is 12.8 Å². The van der Waals surface area contributed by atoms with Gasteiger partial charge in [-0.2, -0.15) is 0 Å². The Bertz CT molecular complexity index is 586. The first-order valence-electron chi connectivity index (χ1n) is 6.30. The molecule has 0 aromatic rings. The Balaban J connectivity index is 1.89. The molecule has 0 saturated carbocycles. The smallest absolute Gasteiger partial charge is 0.284 e. The second kappa shape index (κ2) is 5.58. The third-order valence-electron chi connectivity index (χ3n) is 3.03. The fourth-order valence-corrected chi connectivity index (χ4v) is 2.83. The Morgan fingerprint density at radius 3 is 3.10 bits per heavy atom. The molecule has 0 aromatic carbocycles. The highest BCUT2D eigenvalue weighted by Gasteiger charge is 2.21. The lowest BCUT2D eigenvalue weighted by Gasteiger charge is -2.01. The highest BCUT2D eigenvalue weighted by Crippen LogP contribution is 2.28. The molecule has 0 radical (unpaired) electrons. The lowest BCUT2D eigenvalue weighted by molar-refractivity contribution is -0.114. The molecule has 0 atom stereocenters. The largest absolute Gasteiger partial charge is 0.458 e. The molecule has 1 amide bonds. The fraction of sp³-hybridized carbons (Fsp3) is 0.286. The molecular weight excluding hydrogens is 278 g/mol. The molecule has 0 unspecified atom stereocenters. The SMILES string of the molecule is O=C1NCCC(=O)/C(=C/C2=CC3=C(CC=C2)OCO3)S1. The molecule has 104 valence electrons. The van der Waals surface area contributed by atoms with Gasteiger partial charge in [0.05, 0.1) is 4.91 Å². The molecule has 2 aliphatic heterocycles. The zero-order valence-corrected chi connectivity index (χ0v) is 11.5. The van der Waals surface area contributed by atoms with Crippen molar-refractivity contribution in [3.8, 4) is 0 Å². The zero-order chi connectivity index (χ0) is 13.9. The van der Waals surface area contributed by atoms with Crippen molar-refractivity contribution in [2.75, 3.05) is 13.3 Å².